The molecule has 6 bridgehead atoms. The lowest BCUT2D eigenvalue weighted by Crippen LogP contribution is -2.64. The highest BCUT2D eigenvalue weighted by molar-refractivity contribution is 5.95. The third kappa shape index (κ3) is 11.1. The van der Waals surface area contributed by atoms with Gasteiger partial charge in [-0.2, -0.15) is 0 Å². The number of hydrogen-bond acceptors (Lipinski definition) is 11. The van der Waals surface area contributed by atoms with E-state index in [0.29, 0.717) is 91.1 Å². The number of piperidine rings is 1. The van der Waals surface area contributed by atoms with Crippen LogP contribution in [-0.4, -0.2) is 167 Å². The fourth-order valence-corrected chi connectivity index (χ4v) is 11.6. The molecule has 72 heavy (non-hydrogen) atoms. The van der Waals surface area contributed by atoms with Crippen molar-refractivity contribution in [3.05, 3.63) is 72.1 Å². The molecular formula is C55H77N9O8. The first-order valence-corrected chi connectivity index (χ1v) is 26.1. The predicted octanol–water partition coefficient (Wildman–Crippen LogP) is 5.97. The number of nitrogens with one attached hydrogen (secondary N) is 2. The van der Waals surface area contributed by atoms with Crippen LogP contribution in [-0.2, 0) is 46.4 Å². The van der Waals surface area contributed by atoms with E-state index in [9.17, 15) is 24.0 Å². The van der Waals surface area contributed by atoms with Crippen LogP contribution in [0.1, 0.15) is 103 Å². The normalized spacial score (nSPS) is 23.7. The number of pyridine rings is 1. The van der Waals surface area contributed by atoms with Crippen molar-refractivity contribution >= 4 is 46.2 Å². The highest BCUT2D eigenvalue weighted by Crippen LogP contribution is 2.42. The van der Waals surface area contributed by atoms with Crippen molar-refractivity contribution in [3.8, 4) is 11.3 Å². The van der Waals surface area contributed by atoms with Gasteiger partial charge in [-0.15, -0.1) is 0 Å². The van der Waals surface area contributed by atoms with Gasteiger partial charge in [-0.1, -0.05) is 46.4 Å². The predicted molar refractivity (Wildman–Crippen MR) is 276 cm³/mol. The van der Waals surface area contributed by atoms with E-state index in [4.69, 9.17) is 19.2 Å². The van der Waals surface area contributed by atoms with Crippen LogP contribution in [0, 0.1) is 11.3 Å². The molecule has 2 N–H and O–H groups in total. The molecule has 0 saturated carbocycles. The van der Waals surface area contributed by atoms with Crippen molar-refractivity contribution < 1.29 is 38.2 Å². The number of hydrazine groups is 1. The molecule has 0 aliphatic carbocycles. The molecule has 390 valence electrons. The minimum Gasteiger partial charge on any atom is -0.464 e. The average molecular weight is 992 g/mol. The van der Waals surface area contributed by atoms with Crippen molar-refractivity contribution in [2.45, 2.75) is 123 Å². The number of ether oxygens (including phenoxy) is 3. The van der Waals surface area contributed by atoms with Crippen LogP contribution in [0.15, 0.2) is 55.3 Å². The lowest BCUT2D eigenvalue weighted by molar-refractivity contribution is -0.155. The van der Waals surface area contributed by atoms with Crippen molar-refractivity contribution in [3.63, 3.8) is 0 Å². The number of amides is 5. The molecule has 5 amide bonds. The number of hydrogen-bond donors (Lipinski definition) is 2. The number of carbonyl (C=O) groups excluding carboxylic acids is 5. The number of urea groups is 1. The quantitative estimate of drug-likeness (QED) is 0.191. The molecule has 0 radical (unpaired) electrons. The summed E-state index contributed by atoms with van der Waals surface area (Å²) in [5.74, 6) is -1.66. The Hall–Kier alpha value is -5.62. The van der Waals surface area contributed by atoms with Crippen molar-refractivity contribution in [2.24, 2.45) is 11.3 Å². The number of aromatic nitrogens is 2. The number of nitrogens with zero attached hydrogens (tertiary/aromatic N) is 7. The molecule has 5 aliphatic rings. The van der Waals surface area contributed by atoms with Crippen LogP contribution in [0.25, 0.3) is 27.7 Å². The van der Waals surface area contributed by atoms with Crippen LogP contribution in [0.3, 0.4) is 0 Å². The van der Waals surface area contributed by atoms with E-state index >= 15 is 0 Å². The molecule has 3 aromatic rings. The van der Waals surface area contributed by atoms with E-state index in [1.54, 1.807) is 30.2 Å². The summed E-state index contributed by atoms with van der Waals surface area (Å²) in [6, 6.07) is 7.78. The first-order valence-electron chi connectivity index (χ1n) is 26.1. The largest absolute Gasteiger partial charge is 0.464 e. The number of esters is 1. The van der Waals surface area contributed by atoms with Crippen molar-refractivity contribution in [2.75, 3.05) is 79.7 Å². The Balaban J connectivity index is 1.08. The third-order valence-corrected chi connectivity index (χ3v) is 15.5. The van der Waals surface area contributed by atoms with Gasteiger partial charge in [0.2, 0.25) is 11.8 Å². The zero-order chi connectivity index (χ0) is 51.5. The SMILES string of the molecule is C=CC(=O)N1CCCOC2(CCN(C(=O)N(C)[C@H](C(=O)N[C@H]3CN4CCC=C(C4)c4ccc5c(c4)c(c(-c4cccnc4[C@H](C)OC)n5CC)CC(C)(C)COC(=O)[C@@H]4CCCN(N4)C3=O)C(C)C)CC2)C1. The molecule has 17 nitrogen and oxygen atoms in total. The second kappa shape index (κ2) is 22.2. The molecule has 1 unspecified atom stereocenters. The molecule has 7 heterocycles. The molecular weight excluding hydrogens is 915 g/mol. The number of rotatable bonds is 9. The van der Waals surface area contributed by atoms with Crippen LogP contribution >= 0.6 is 0 Å². The average Bonchev–Trinajstić information content (AvgIpc) is 3.52. The molecule has 1 aromatic carbocycles. The highest BCUT2D eigenvalue weighted by Gasteiger charge is 2.43. The van der Waals surface area contributed by atoms with Gasteiger partial charge in [0.15, 0.2) is 0 Å². The van der Waals surface area contributed by atoms with E-state index < -0.39 is 41.0 Å². The van der Waals surface area contributed by atoms with Crippen LogP contribution in [0.5, 0.6) is 0 Å². The molecule has 17 heteroatoms. The number of benzene rings is 1. The molecule has 3 fully saturated rings. The standard InChI is InChI=1S/C55H77N9O8/c1-10-46(65)62-25-15-29-72-55(34-62)21-27-61(28-22-55)53(69)59(8)48(36(3)4)50(66)57-44-33-60-24-13-16-39(32-60)38-19-20-45-41(30-38)42(49(63(45)11-2)40-17-12-23-56-47(40)37(5)70-9)31-54(6,7)35-71-52(68)43-18-14-26-64(58-43)51(44)67/h10,12,16-17,19-20,23,30,36-37,43-44,48,58H,1,11,13-15,18,21-22,24-29,31-35H2,2-9H3,(H,57,66)/t37-,43-,44-,48-/m0/s1. The van der Waals surface area contributed by atoms with Crippen LogP contribution < -0.4 is 10.7 Å². The minimum atomic E-state index is -1.01. The zero-order valence-corrected chi connectivity index (χ0v) is 43.8. The topological polar surface area (TPSA) is 171 Å². The van der Waals surface area contributed by atoms with Gasteiger partial charge in [-0.05, 0) is 112 Å². The third-order valence-electron chi connectivity index (χ3n) is 15.5. The van der Waals surface area contributed by atoms with Gasteiger partial charge in [-0.3, -0.25) is 34.1 Å². The van der Waals surface area contributed by atoms with Gasteiger partial charge in [0.1, 0.15) is 18.1 Å². The van der Waals surface area contributed by atoms with Crippen molar-refractivity contribution in [1.82, 2.24) is 44.9 Å². The number of methoxy groups -OCH3 is 1. The second-order valence-electron chi connectivity index (χ2n) is 21.6. The highest BCUT2D eigenvalue weighted by atomic mass is 16.5. The summed E-state index contributed by atoms with van der Waals surface area (Å²) < 4.78 is 20.7. The Kier molecular flexibility index (Phi) is 16.3. The molecule has 2 aromatic heterocycles. The number of aryl methyl sites for hydroxylation is 1. The fourth-order valence-electron chi connectivity index (χ4n) is 11.6. The summed E-state index contributed by atoms with van der Waals surface area (Å²) in [7, 11) is 3.35. The van der Waals surface area contributed by atoms with Gasteiger partial charge < -0.3 is 38.8 Å². The number of cyclic esters (lactones) is 1. The molecule has 1 spiro atoms. The first kappa shape index (κ1) is 52.7. The maximum absolute atomic E-state index is 14.9. The summed E-state index contributed by atoms with van der Waals surface area (Å²) in [6.07, 6.45) is 9.38. The fraction of sp³-hybridized carbons (Fsp3) is 0.600. The van der Waals surface area contributed by atoms with Crippen LogP contribution in [0.2, 0.25) is 0 Å². The summed E-state index contributed by atoms with van der Waals surface area (Å²) in [5, 5.41) is 5.72. The van der Waals surface area contributed by atoms with E-state index in [-0.39, 0.29) is 43.0 Å². The van der Waals surface area contributed by atoms with Gasteiger partial charge >= 0.3 is 12.0 Å². The second-order valence-corrected chi connectivity index (χ2v) is 21.6. The Morgan fingerprint density at radius 3 is 2.56 bits per heavy atom. The number of likely N-dealkylation sites (tertiary alicyclic amines) is 1. The summed E-state index contributed by atoms with van der Waals surface area (Å²) in [6.45, 7) is 20.9. The van der Waals surface area contributed by atoms with Crippen molar-refractivity contribution in [1.29, 1.82) is 0 Å². The van der Waals surface area contributed by atoms with Gasteiger partial charge in [0.25, 0.3) is 5.91 Å². The van der Waals surface area contributed by atoms with Crippen LogP contribution in [0.4, 0.5) is 4.79 Å². The molecule has 3 saturated heterocycles. The number of fused-ring (bicyclic) bond motifs is 6. The van der Waals surface area contributed by atoms with E-state index in [2.05, 4.69) is 77.9 Å². The Morgan fingerprint density at radius 2 is 1.83 bits per heavy atom. The number of carbonyl (C=O) groups is 5. The minimum absolute atomic E-state index is 0.127. The summed E-state index contributed by atoms with van der Waals surface area (Å²) in [5.41, 5.74) is 9.50. The van der Waals surface area contributed by atoms with E-state index in [1.165, 1.54) is 16.0 Å². The molecule has 5 aliphatic heterocycles. The Morgan fingerprint density at radius 1 is 1.06 bits per heavy atom. The first-order chi connectivity index (χ1) is 34.5. The summed E-state index contributed by atoms with van der Waals surface area (Å²) in [4.78, 5) is 82.7. The van der Waals surface area contributed by atoms with Gasteiger partial charge in [0, 0.05) is 101 Å². The van der Waals surface area contributed by atoms with Gasteiger partial charge in [0.05, 0.1) is 36.2 Å². The van der Waals surface area contributed by atoms with Gasteiger partial charge in [-0.25, -0.2) is 10.2 Å². The zero-order valence-electron chi connectivity index (χ0n) is 43.8. The smallest absolute Gasteiger partial charge is 0.324 e. The lowest BCUT2D eigenvalue weighted by atomic mass is 9.84. The van der Waals surface area contributed by atoms with E-state index in [0.717, 1.165) is 57.4 Å². The monoisotopic (exact) mass is 992 g/mol. The maximum Gasteiger partial charge on any atom is 0.324 e. The number of likely N-dealkylation sites (N-methyl/N-ethyl adjacent to an activating group) is 1. The van der Waals surface area contributed by atoms with E-state index in [1.807, 2.05) is 26.8 Å². The Labute approximate surface area is 425 Å². The lowest BCUT2D eigenvalue weighted by Gasteiger charge is -2.44. The molecule has 5 atom stereocenters. The maximum atomic E-state index is 14.9. The Bertz CT molecular complexity index is 2550. The molecule has 8 rings (SSSR count). The summed E-state index contributed by atoms with van der Waals surface area (Å²) >= 11 is 0.